The maximum atomic E-state index is 9.05. The molecule has 2 N–H and O–H groups in total. The van der Waals surface area contributed by atoms with E-state index in [0.717, 1.165) is 18.4 Å². The summed E-state index contributed by atoms with van der Waals surface area (Å²) in [6.45, 7) is 0.916. The van der Waals surface area contributed by atoms with Gasteiger partial charge in [0.25, 0.3) is 0 Å². The third-order valence-corrected chi connectivity index (χ3v) is 4.13. The molecule has 4 heteroatoms. The smallest absolute Gasteiger partial charge is 0.0595 e. The number of aliphatic hydroxyl groups is 1. The zero-order valence-corrected chi connectivity index (χ0v) is 13.2. The molecular formula is C17H19Cl2NO. The van der Waals surface area contributed by atoms with Crippen LogP contribution in [-0.4, -0.2) is 11.7 Å². The number of hydrogen-bond acceptors (Lipinski definition) is 2. The highest BCUT2D eigenvalue weighted by Gasteiger charge is 2.10. The molecule has 2 nitrogen and oxygen atoms in total. The van der Waals surface area contributed by atoms with Gasteiger partial charge < -0.3 is 10.4 Å². The molecule has 0 bridgehead atoms. The minimum atomic E-state index is 0.206. The Kier molecular flexibility index (Phi) is 6.52. The van der Waals surface area contributed by atoms with Crippen molar-refractivity contribution in [1.82, 2.24) is 5.32 Å². The van der Waals surface area contributed by atoms with E-state index < -0.39 is 0 Å². The highest BCUT2D eigenvalue weighted by atomic mass is 35.5. The van der Waals surface area contributed by atoms with E-state index in [-0.39, 0.29) is 12.6 Å². The van der Waals surface area contributed by atoms with Gasteiger partial charge in [-0.05, 0) is 36.1 Å². The average Bonchev–Trinajstić information content (AvgIpc) is 2.51. The first-order valence-electron chi connectivity index (χ1n) is 7.04. The van der Waals surface area contributed by atoms with E-state index in [9.17, 15) is 0 Å². The van der Waals surface area contributed by atoms with Crippen molar-refractivity contribution in [3.63, 3.8) is 0 Å². The predicted molar refractivity (Wildman–Crippen MR) is 88.8 cm³/mol. The van der Waals surface area contributed by atoms with Crippen LogP contribution in [0.2, 0.25) is 10.0 Å². The lowest BCUT2D eigenvalue weighted by Crippen LogP contribution is -2.21. The van der Waals surface area contributed by atoms with E-state index >= 15 is 0 Å². The van der Waals surface area contributed by atoms with Gasteiger partial charge in [0.1, 0.15) is 0 Å². The largest absolute Gasteiger partial charge is 0.396 e. The third kappa shape index (κ3) is 5.01. The van der Waals surface area contributed by atoms with E-state index in [1.165, 1.54) is 5.56 Å². The first-order valence-corrected chi connectivity index (χ1v) is 7.79. The molecule has 0 radical (unpaired) electrons. The second-order valence-electron chi connectivity index (χ2n) is 4.96. The Hall–Kier alpha value is -1.06. The summed E-state index contributed by atoms with van der Waals surface area (Å²) in [4.78, 5) is 0. The normalized spacial score (nSPS) is 12.3. The van der Waals surface area contributed by atoms with Crippen molar-refractivity contribution < 1.29 is 5.11 Å². The second kappa shape index (κ2) is 8.40. The molecule has 2 aromatic carbocycles. The van der Waals surface area contributed by atoms with Gasteiger partial charge >= 0.3 is 0 Å². The van der Waals surface area contributed by atoms with Crippen LogP contribution in [0.4, 0.5) is 0 Å². The van der Waals surface area contributed by atoms with Crippen molar-refractivity contribution in [3.05, 3.63) is 69.7 Å². The Morgan fingerprint density at radius 3 is 2.43 bits per heavy atom. The average molecular weight is 324 g/mol. The molecule has 0 saturated heterocycles. The van der Waals surface area contributed by atoms with Crippen molar-refractivity contribution in [1.29, 1.82) is 0 Å². The topological polar surface area (TPSA) is 32.3 Å². The van der Waals surface area contributed by atoms with Gasteiger partial charge in [-0.2, -0.15) is 0 Å². The molecule has 21 heavy (non-hydrogen) atoms. The molecule has 2 rings (SSSR count). The van der Waals surface area contributed by atoms with Gasteiger partial charge in [0, 0.05) is 19.2 Å². The van der Waals surface area contributed by atoms with Crippen LogP contribution in [0, 0.1) is 0 Å². The summed E-state index contributed by atoms with van der Waals surface area (Å²) in [6.07, 6.45) is 1.66. The third-order valence-electron chi connectivity index (χ3n) is 3.39. The van der Waals surface area contributed by atoms with Crippen LogP contribution < -0.4 is 5.32 Å². The molecule has 2 aromatic rings. The molecule has 0 saturated carbocycles. The molecule has 0 fully saturated rings. The number of hydrogen-bond donors (Lipinski definition) is 2. The summed E-state index contributed by atoms with van der Waals surface area (Å²) in [6, 6.07) is 16.1. The van der Waals surface area contributed by atoms with E-state index in [4.69, 9.17) is 28.3 Å². The van der Waals surface area contributed by atoms with Crippen LogP contribution in [0.3, 0.4) is 0 Å². The fraction of sp³-hybridized carbons (Fsp3) is 0.294. The molecule has 0 heterocycles. The molecule has 1 unspecified atom stereocenters. The lowest BCUT2D eigenvalue weighted by molar-refractivity contribution is 0.275. The summed E-state index contributed by atoms with van der Waals surface area (Å²) in [5.74, 6) is 0. The van der Waals surface area contributed by atoms with Crippen LogP contribution in [0.5, 0.6) is 0 Å². The van der Waals surface area contributed by atoms with Crippen molar-refractivity contribution in [3.8, 4) is 0 Å². The minimum absolute atomic E-state index is 0.206. The van der Waals surface area contributed by atoms with Gasteiger partial charge in [0.05, 0.1) is 10.0 Å². The van der Waals surface area contributed by atoms with E-state index in [2.05, 4.69) is 17.4 Å². The van der Waals surface area contributed by atoms with Gasteiger partial charge in [-0.25, -0.2) is 0 Å². The number of halogens is 2. The van der Waals surface area contributed by atoms with Crippen molar-refractivity contribution in [2.24, 2.45) is 0 Å². The Morgan fingerprint density at radius 2 is 1.76 bits per heavy atom. The van der Waals surface area contributed by atoms with Gasteiger partial charge in [-0.1, -0.05) is 59.6 Å². The highest BCUT2D eigenvalue weighted by Crippen LogP contribution is 2.24. The first-order chi connectivity index (χ1) is 10.2. The molecule has 0 aliphatic heterocycles. The molecule has 0 spiro atoms. The summed E-state index contributed by atoms with van der Waals surface area (Å²) in [5.41, 5.74) is 2.32. The van der Waals surface area contributed by atoms with Crippen LogP contribution in [0.15, 0.2) is 48.5 Å². The predicted octanol–water partition coefficient (Wildman–Crippen LogP) is 4.60. The van der Waals surface area contributed by atoms with Gasteiger partial charge in [0.15, 0.2) is 0 Å². The Bertz CT molecular complexity index is 560. The van der Waals surface area contributed by atoms with Crippen molar-refractivity contribution >= 4 is 23.2 Å². The molecule has 0 aliphatic carbocycles. The van der Waals surface area contributed by atoms with Crippen molar-refractivity contribution in [2.45, 2.75) is 25.4 Å². The molecule has 1 atom stereocenters. The zero-order valence-electron chi connectivity index (χ0n) is 11.7. The van der Waals surface area contributed by atoms with Crippen LogP contribution in [0.1, 0.15) is 30.0 Å². The lowest BCUT2D eigenvalue weighted by Gasteiger charge is -2.19. The van der Waals surface area contributed by atoms with Crippen LogP contribution in [0.25, 0.3) is 0 Å². The number of rotatable bonds is 7. The Balaban J connectivity index is 2.03. The molecule has 0 aliphatic rings. The van der Waals surface area contributed by atoms with E-state index in [1.807, 2.05) is 36.4 Å². The summed E-state index contributed by atoms with van der Waals surface area (Å²) in [7, 11) is 0. The number of aliphatic hydroxyl groups excluding tert-OH is 1. The fourth-order valence-electron chi connectivity index (χ4n) is 2.26. The monoisotopic (exact) mass is 323 g/mol. The summed E-state index contributed by atoms with van der Waals surface area (Å²) < 4.78 is 0. The molecular weight excluding hydrogens is 305 g/mol. The summed E-state index contributed by atoms with van der Waals surface area (Å²) in [5, 5.41) is 13.7. The summed E-state index contributed by atoms with van der Waals surface area (Å²) >= 11 is 12.0. The SMILES string of the molecule is OCCCC(NCc1ccc(Cl)c(Cl)c1)c1ccccc1. The molecule has 0 aromatic heterocycles. The van der Waals surface area contributed by atoms with Crippen LogP contribution >= 0.6 is 23.2 Å². The first kappa shape index (κ1) is 16.3. The second-order valence-corrected chi connectivity index (χ2v) is 5.77. The maximum absolute atomic E-state index is 9.05. The molecule has 112 valence electrons. The molecule has 0 amide bonds. The van der Waals surface area contributed by atoms with E-state index in [1.54, 1.807) is 0 Å². The zero-order chi connectivity index (χ0) is 15.1. The minimum Gasteiger partial charge on any atom is -0.396 e. The number of benzene rings is 2. The Labute approximate surface area is 135 Å². The van der Waals surface area contributed by atoms with Crippen molar-refractivity contribution in [2.75, 3.05) is 6.61 Å². The van der Waals surface area contributed by atoms with Gasteiger partial charge in [0.2, 0.25) is 0 Å². The van der Waals surface area contributed by atoms with Gasteiger partial charge in [-0.3, -0.25) is 0 Å². The quantitative estimate of drug-likeness (QED) is 0.780. The highest BCUT2D eigenvalue weighted by molar-refractivity contribution is 6.42. The number of nitrogens with one attached hydrogen (secondary N) is 1. The van der Waals surface area contributed by atoms with Crippen LogP contribution in [-0.2, 0) is 6.54 Å². The Morgan fingerprint density at radius 1 is 1.00 bits per heavy atom. The lowest BCUT2D eigenvalue weighted by atomic mass is 10.0. The fourth-order valence-corrected chi connectivity index (χ4v) is 2.58. The standard InChI is InChI=1S/C17H19Cl2NO/c18-15-9-8-13(11-16(15)19)12-20-17(7-4-10-21)14-5-2-1-3-6-14/h1-3,5-6,8-9,11,17,20-21H,4,7,10,12H2. The maximum Gasteiger partial charge on any atom is 0.0595 e. The van der Waals surface area contributed by atoms with Gasteiger partial charge in [-0.15, -0.1) is 0 Å². The van der Waals surface area contributed by atoms with E-state index in [0.29, 0.717) is 16.6 Å².